The zero-order valence-electron chi connectivity index (χ0n) is 15.1. The summed E-state index contributed by atoms with van der Waals surface area (Å²) in [7, 11) is 2.02. The Morgan fingerprint density at radius 1 is 1.08 bits per heavy atom. The Kier molecular flexibility index (Phi) is 6.24. The largest absolute Gasteiger partial charge is 0.339 e. The molecule has 1 aromatic heterocycles. The molecule has 0 N–H and O–H groups in total. The molecule has 0 radical (unpaired) electrons. The van der Waals surface area contributed by atoms with Crippen LogP contribution in [0.5, 0.6) is 0 Å². The SMILES string of the molecule is Cc1ccc(CN(C)CC(=O)N2CCN(Cc3ccsc3)CC2)cc1. The third kappa shape index (κ3) is 5.39. The minimum absolute atomic E-state index is 0.241. The molecule has 1 aliphatic heterocycles. The molecule has 2 heterocycles. The lowest BCUT2D eigenvalue weighted by Gasteiger charge is -2.35. The van der Waals surface area contributed by atoms with Crippen LogP contribution < -0.4 is 0 Å². The van der Waals surface area contributed by atoms with Crippen LogP contribution in [0.3, 0.4) is 0 Å². The molecule has 2 aromatic rings. The fraction of sp³-hybridized carbons (Fsp3) is 0.450. The van der Waals surface area contributed by atoms with E-state index in [1.807, 2.05) is 11.9 Å². The first-order valence-corrected chi connectivity index (χ1v) is 9.80. The molecule has 0 bridgehead atoms. The number of likely N-dealkylation sites (N-methyl/N-ethyl adjacent to an activating group) is 1. The first-order chi connectivity index (χ1) is 12.1. The van der Waals surface area contributed by atoms with E-state index in [-0.39, 0.29) is 5.91 Å². The second kappa shape index (κ2) is 8.61. The van der Waals surface area contributed by atoms with Crippen molar-refractivity contribution >= 4 is 17.2 Å². The van der Waals surface area contributed by atoms with Gasteiger partial charge in [0.05, 0.1) is 6.54 Å². The number of aryl methyl sites for hydroxylation is 1. The topological polar surface area (TPSA) is 26.8 Å². The molecule has 0 atom stereocenters. The smallest absolute Gasteiger partial charge is 0.236 e. The number of amides is 1. The van der Waals surface area contributed by atoms with E-state index < -0.39 is 0 Å². The summed E-state index contributed by atoms with van der Waals surface area (Å²) in [4.78, 5) is 19.1. The average Bonchev–Trinajstić information content (AvgIpc) is 3.10. The van der Waals surface area contributed by atoms with Gasteiger partial charge in [0.25, 0.3) is 0 Å². The van der Waals surface area contributed by atoms with Crippen molar-refractivity contribution in [2.75, 3.05) is 39.8 Å². The summed E-state index contributed by atoms with van der Waals surface area (Å²) in [5.41, 5.74) is 3.90. The molecule has 134 valence electrons. The third-order valence-corrected chi connectivity index (χ3v) is 5.42. The maximum Gasteiger partial charge on any atom is 0.236 e. The molecule has 25 heavy (non-hydrogen) atoms. The number of carbonyl (C=O) groups is 1. The molecule has 0 aliphatic carbocycles. The molecule has 1 saturated heterocycles. The van der Waals surface area contributed by atoms with Gasteiger partial charge in [0.1, 0.15) is 0 Å². The molecule has 0 spiro atoms. The lowest BCUT2D eigenvalue weighted by molar-refractivity contribution is -0.134. The van der Waals surface area contributed by atoms with Crippen LogP contribution in [0.1, 0.15) is 16.7 Å². The Hall–Kier alpha value is -1.69. The third-order valence-electron chi connectivity index (χ3n) is 4.69. The monoisotopic (exact) mass is 357 g/mol. The van der Waals surface area contributed by atoms with E-state index in [9.17, 15) is 4.79 Å². The van der Waals surface area contributed by atoms with Gasteiger partial charge < -0.3 is 4.90 Å². The van der Waals surface area contributed by atoms with Crippen molar-refractivity contribution < 1.29 is 4.79 Å². The van der Waals surface area contributed by atoms with Crippen molar-refractivity contribution in [3.63, 3.8) is 0 Å². The highest BCUT2D eigenvalue weighted by atomic mass is 32.1. The number of rotatable bonds is 6. The van der Waals surface area contributed by atoms with Gasteiger partial charge in [0.15, 0.2) is 0 Å². The maximum absolute atomic E-state index is 12.5. The summed E-state index contributed by atoms with van der Waals surface area (Å²) < 4.78 is 0. The maximum atomic E-state index is 12.5. The number of piperazine rings is 1. The molecule has 0 saturated carbocycles. The van der Waals surface area contributed by atoms with Gasteiger partial charge in [-0.1, -0.05) is 29.8 Å². The summed E-state index contributed by atoms with van der Waals surface area (Å²) in [6, 6.07) is 10.7. The van der Waals surface area contributed by atoms with Crippen LogP contribution in [0.4, 0.5) is 0 Å². The van der Waals surface area contributed by atoms with Crippen molar-refractivity contribution in [1.82, 2.24) is 14.7 Å². The van der Waals surface area contributed by atoms with E-state index in [1.54, 1.807) is 11.3 Å². The van der Waals surface area contributed by atoms with Crippen LogP contribution in [-0.2, 0) is 17.9 Å². The molecule has 0 unspecified atom stereocenters. The zero-order chi connectivity index (χ0) is 17.6. The number of hydrogen-bond acceptors (Lipinski definition) is 4. The van der Waals surface area contributed by atoms with Gasteiger partial charge in [0.2, 0.25) is 5.91 Å². The highest BCUT2D eigenvalue weighted by Crippen LogP contribution is 2.12. The number of nitrogens with zero attached hydrogens (tertiary/aromatic N) is 3. The molecular weight excluding hydrogens is 330 g/mol. The fourth-order valence-electron chi connectivity index (χ4n) is 3.19. The van der Waals surface area contributed by atoms with Crippen molar-refractivity contribution in [3.8, 4) is 0 Å². The Morgan fingerprint density at radius 3 is 2.44 bits per heavy atom. The molecule has 1 aromatic carbocycles. The van der Waals surface area contributed by atoms with Gasteiger partial charge in [0, 0.05) is 39.3 Å². The predicted octanol–water partition coefficient (Wildman–Crippen LogP) is 2.83. The normalized spacial score (nSPS) is 15.7. The van der Waals surface area contributed by atoms with Gasteiger partial charge in [-0.3, -0.25) is 14.6 Å². The average molecular weight is 358 g/mol. The summed E-state index contributed by atoms with van der Waals surface area (Å²) in [5.74, 6) is 0.241. The van der Waals surface area contributed by atoms with Gasteiger partial charge in [-0.25, -0.2) is 0 Å². The van der Waals surface area contributed by atoms with E-state index in [0.29, 0.717) is 6.54 Å². The zero-order valence-corrected chi connectivity index (χ0v) is 16.0. The summed E-state index contributed by atoms with van der Waals surface area (Å²) in [6.45, 7) is 7.98. The van der Waals surface area contributed by atoms with Crippen LogP contribution in [0.25, 0.3) is 0 Å². The first kappa shape index (κ1) is 18.1. The highest BCUT2D eigenvalue weighted by molar-refractivity contribution is 7.07. The Bertz CT molecular complexity index is 661. The van der Waals surface area contributed by atoms with Crippen LogP contribution in [-0.4, -0.2) is 60.4 Å². The summed E-state index contributed by atoms with van der Waals surface area (Å²) in [6.07, 6.45) is 0. The molecule has 5 heteroatoms. The van der Waals surface area contributed by atoms with Crippen molar-refractivity contribution in [3.05, 3.63) is 57.8 Å². The van der Waals surface area contributed by atoms with Crippen LogP contribution in [0.15, 0.2) is 41.1 Å². The molecule has 1 fully saturated rings. The minimum Gasteiger partial charge on any atom is -0.339 e. The van der Waals surface area contributed by atoms with Crippen LogP contribution in [0.2, 0.25) is 0 Å². The second-order valence-corrected chi connectivity index (χ2v) is 7.73. The van der Waals surface area contributed by atoms with Crippen molar-refractivity contribution in [2.45, 2.75) is 20.0 Å². The van der Waals surface area contributed by atoms with E-state index in [0.717, 1.165) is 39.3 Å². The summed E-state index contributed by atoms with van der Waals surface area (Å²) in [5, 5.41) is 4.33. The molecule has 1 aliphatic rings. The predicted molar refractivity (Wildman–Crippen MR) is 104 cm³/mol. The number of thiophene rings is 1. The van der Waals surface area contributed by atoms with E-state index in [1.165, 1.54) is 16.7 Å². The molecule has 4 nitrogen and oxygen atoms in total. The lowest BCUT2D eigenvalue weighted by Crippen LogP contribution is -2.50. The van der Waals surface area contributed by atoms with E-state index >= 15 is 0 Å². The van der Waals surface area contributed by atoms with Gasteiger partial charge >= 0.3 is 0 Å². The Labute approximate surface area is 154 Å². The van der Waals surface area contributed by atoms with Crippen molar-refractivity contribution in [1.29, 1.82) is 0 Å². The molecule has 1 amide bonds. The highest BCUT2D eigenvalue weighted by Gasteiger charge is 2.22. The van der Waals surface area contributed by atoms with E-state index in [2.05, 4.69) is 57.8 Å². The minimum atomic E-state index is 0.241. The number of benzene rings is 1. The standard InChI is InChI=1S/C20H27N3OS/c1-17-3-5-18(6-4-17)13-21(2)15-20(24)23-10-8-22(9-11-23)14-19-7-12-25-16-19/h3-7,12,16H,8-11,13-15H2,1-2H3. The van der Waals surface area contributed by atoms with Gasteiger partial charge in [-0.05, 0) is 41.9 Å². The van der Waals surface area contributed by atoms with Gasteiger partial charge in [-0.15, -0.1) is 0 Å². The Morgan fingerprint density at radius 2 is 1.80 bits per heavy atom. The summed E-state index contributed by atoms with van der Waals surface area (Å²) >= 11 is 1.75. The lowest BCUT2D eigenvalue weighted by atomic mass is 10.1. The van der Waals surface area contributed by atoms with Crippen LogP contribution >= 0.6 is 11.3 Å². The molecular formula is C20H27N3OS. The first-order valence-electron chi connectivity index (χ1n) is 8.85. The Balaban J connectivity index is 1.42. The van der Waals surface area contributed by atoms with E-state index in [4.69, 9.17) is 0 Å². The second-order valence-electron chi connectivity index (χ2n) is 6.95. The van der Waals surface area contributed by atoms with Gasteiger partial charge in [-0.2, -0.15) is 11.3 Å². The quantitative estimate of drug-likeness (QED) is 0.795. The number of hydrogen-bond donors (Lipinski definition) is 0. The molecule has 3 rings (SSSR count). The number of carbonyl (C=O) groups excluding carboxylic acids is 1. The van der Waals surface area contributed by atoms with Crippen LogP contribution in [0, 0.1) is 6.92 Å². The fourth-order valence-corrected chi connectivity index (χ4v) is 3.85. The van der Waals surface area contributed by atoms with Crippen molar-refractivity contribution in [2.24, 2.45) is 0 Å².